The Bertz CT molecular complexity index is 1010. The van der Waals surface area contributed by atoms with Crippen molar-refractivity contribution in [3.8, 4) is 0 Å². The number of para-hydroxylation sites is 1. The third-order valence-electron chi connectivity index (χ3n) is 5.13. The van der Waals surface area contributed by atoms with Crippen molar-refractivity contribution in [1.29, 1.82) is 0 Å². The van der Waals surface area contributed by atoms with Gasteiger partial charge < -0.3 is 4.74 Å². The minimum Gasteiger partial charge on any atom is -0.379 e. The standard InChI is InChI=1S/C22H24ClN3O2S2.ClH/c1-29-17-8-6-16(7-9-17)21(27)26(11-3-10-25-12-14-28-15-13-25)22-24-20-18(23)4-2-5-19(20)30-22;/h2,4-9H,3,10-15H2,1H3;1H. The number of aromatic nitrogens is 1. The summed E-state index contributed by atoms with van der Waals surface area (Å²) < 4.78 is 6.41. The van der Waals surface area contributed by atoms with Gasteiger partial charge in [0.05, 0.1) is 22.9 Å². The first-order chi connectivity index (χ1) is 14.7. The quantitative estimate of drug-likeness (QED) is 0.405. The fourth-order valence-corrected chi connectivity index (χ4v) is 5.17. The van der Waals surface area contributed by atoms with Gasteiger partial charge in [-0.15, -0.1) is 24.2 Å². The molecule has 31 heavy (non-hydrogen) atoms. The summed E-state index contributed by atoms with van der Waals surface area (Å²) in [6, 6.07) is 13.5. The van der Waals surface area contributed by atoms with Crippen LogP contribution in [0.25, 0.3) is 10.2 Å². The topological polar surface area (TPSA) is 45.7 Å². The van der Waals surface area contributed by atoms with Crippen molar-refractivity contribution in [2.75, 3.05) is 50.5 Å². The second-order valence-electron chi connectivity index (χ2n) is 7.08. The number of benzene rings is 2. The number of anilines is 1. The van der Waals surface area contributed by atoms with Crippen LogP contribution in [0.3, 0.4) is 0 Å². The average Bonchev–Trinajstić information content (AvgIpc) is 3.22. The molecule has 1 fully saturated rings. The lowest BCUT2D eigenvalue weighted by molar-refractivity contribution is 0.0376. The molecule has 5 nitrogen and oxygen atoms in total. The average molecular weight is 499 g/mol. The van der Waals surface area contributed by atoms with Gasteiger partial charge in [-0.3, -0.25) is 14.6 Å². The molecule has 1 saturated heterocycles. The predicted molar refractivity (Wildman–Crippen MR) is 134 cm³/mol. The molecule has 0 atom stereocenters. The van der Waals surface area contributed by atoms with Gasteiger partial charge in [-0.2, -0.15) is 0 Å². The van der Waals surface area contributed by atoms with Crippen LogP contribution >= 0.6 is 47.1 Å². The lowest BCUT2D eigenvalue weighted by Crippen LogP contribution is -2.39. The summed E-state index contributed by atoms with van der Waals surface area (Å²) in [4.78, 5) is 23.4. The van der Waals surface area contributed by atoms with Crippen LogP contribution < -0.4 is 4.90 Å². The van der Waals surface area contributed by atoms with Crippen LogP contribution in [0.2, 0.25) is 5.02 Å². The van der Waals surface area contributed by atoms with Crippen LogP contribution in [0.5, 0.6) is 0 Å². The van der Waals surface area contributed by atoms with Gasteiger partial charge in [0.1, 0.15) is 5.52 Å². The van der Waals surface area contributed by atoms with Crippen LogP contribution in [-0.2, 0) is 4.74 Å². The molecule has 2 aromatic carbocycles. The molecular weight excluding hydrogens is 473 g/mol. The maximum atomic E-state index is 13.4. The van der Waals surface area contributed by atoms with Gasteiger partial charge in [-0.25, -0.2) is 4.98 Å². The van der Waals surface area contributed by atoms with Gasteiger partial charge >= 0.3 is 0 Å². The highest BCUT2D eigenvalue weighted by Crippen LogP contribution is 2.33. The summed E-state index contributed by atoms with van der Waals surface area (Å²) in [5, 5.41) is 1.30. The highest BCUT2D eigenvalue weighted by Gasteiger charge is 2.22. The Morgan fingerprint density at radius 3 is 2.65 bits per heavy atom. The molecular formula is C22H25Cl2N3O2S2. The van der Waals surface area contributed by atoms with E-state index in [1.54, 1.807) is 16.7 Å². The van der Waals surface area contributed by atoms with Crippen LogP contribution in [0.15, 0.2) is 47.4 Å². The molecule has 1 amide bonds. The smallest absolute Gasteiger partial charge is 0.260 e. The first-order valence-electron chi connectivity index (χ1n) is 9.97. The van der Waals surface area contributed by atoms with Crippen molar-refractivity contribution < 1.29 is 9.53 Å². The van der Waals surface area contributed by atoms with E-state index in [0.717, 1.165) is 54.4 Å². The zero-order chi connectivity index (χ0) is 20.9. The Morgan fingerprint density at radius 1 is 1.23 bits per heavy atom. The van der Waals surface area contributed by atoms with E-state index in [0.29, 0.717) is 22.3 Å². The number of amides is 1. The van der Waals surface area contributed by atoms with Crippen molar-refractivity contribution in [2.45, 2.75) is 11.3 Å². The number of carbonyl (C=O) groups is 1. The van der Waals surface area contributed by atoms with E-state index in [1.807, 2.05) is 48.7 Å². The third kappa shape index (κ3) is 5.92. The number of thioether (sulfide) groups is 1. The normalized spacial score (nSPS) is 14.4. The van der Waals surface area contributed by atoms with Gasteiger partial charge in [-0.05, 0) is 49.1 Å². The minimum atomic E-state index is -0.0280. The number of hydrogen-bond acceptors (Lipinski definition) is 6. The lowest BCUT2D eigenvalue weighted by atomic mass is 10.2. The van der Waals surface area contributed by atoms with Crippen molar-refractivity contribution in [1.82, 2.24) is 9.88 Å². The fourth-order valence-electron chi connectivity index (χ4n) is 3.47. The monoisotopic (exact) mass is 497 g/mol. The van der Waals surface area contributed by atoms with Crippen LogP contribution in [0, 0.1) is 0 Å². The molecule has 3 aromatic rings. The number of ether oxygens (including phenoxy) is 1. The van der Waals surface area contributed by atoms with Crippen LogP contribution in [-0.4, -0.2) is 61.4 Å². The summed E-state index contributed by atoms with van der Waals surface area (Å²) in [6.07, 6.45) is 2.90. The lowest BCUT2D eigenvalue weighted by Gasteiger charge is -2.27. The molecule has 1 aliphatic rings. The van der Waals surface area contributed by atoms with Crippen LogP contribution in [0.4, 0.5) is 5.13 Å². The summed E-state index contributed by atoms with van der Waals surface area (Å²) >= 11 is 9.50. The molecule has 1 aliphatic heterocycles. The van der Waals surface area contributed by atoms with E-state index < -0.39 is 0 Å². The third-order valence-corrected chi connectivity index (χ3v) is 7.22. The Balaban J connectivity index is 0.00000272. The Hall–Kier alpha value is -1.35. The van der Waals surface area contributed by atoms with Crippen molar-refractivity contribution in [2.24, 2.45) is 0 Å². The van der Waals surface area contributed by atoms with Crippen molar-refractivity contribution in [3.63, 3.8) is 0 Å². The first kappa shape index (κ1) is 24.3. The molecule has 0 spiro atoms. The van der Waals surface area contributed by atoms with Gasteiger partial charge in [0.15, 0.2) is 5.13 Å². The van der Waals surface area contributed by atoms with E-state index >= 15 is 0 Å². The number of morpholine rings is 1. The molecule has 0 unspecified atom stereocenters. The van der Waals surface area contributed by atoms with E-state index in [-0.39, 0.29) is 18.3 Å². The molecule has 0 N–H and O–H groups in total. The van der Waals surface area contributed by atoms with Gasteiger partial charge in [0.2, 0.25) is 0 Å². The molecule has 9 heteroatoms. The number of fused-ring (bicyclic) bond motifs is 1. The van der Waals surface area contributed by atoms with Crippen molar-refractivity contribution in [3.05, 3.63) is 53.1 Å². The zero-order valence-electron chi connectivity index (χ0n) is 17.3. The van der Waals surface area contributed by atoms with E-state index in [9.17, 15) is 4.79 Å². The van der Waals surface area contributed by atoms with Gasteiger partial charge in [0, 0.05) is 36.6 Å². The molecule has 0 radical (unpaired) electrons. The number of rotatable bonds is 7. The maximum Gasteiger partial charge on any atom is 0.260 e. The van der Waals surface area contributed by atoms with E-state index in [4.69, 9.17) is 21.3 Å². The van der Waals surface area contributed by atoms with Crippen molar-refractivity contribution >= 4 is 68.4 Å². The molecule has 4 rings (SSSR count). The number of hydrogen-bond donors (Lipinski definition) is 0. The number of carbonyl (C=O) groups excluding carboxylic acids is 1. The predicted octanol–water partition coefficient (Wildman–Crippen LogP) is 5.46. The SMILES string of the molecule is CSc1ccc(C(=O)N(CCCN2CCOCC2)c2nc3c(Cl)cccc3s2)cc1.Cl. The first-order valence-corrected chi connectivity index (χ1v) is 12.4. The summed E-state index contributed by atoms with van der Waals surface area (Å²) in [5.41, 5.74) is 1.42. The molecule has 166 valence electrons. The second-order valence-corrected chi connectivity index (χ2v) is 9.37. The highest BCUT2D eigenvalue weighted by atomic mass is 35.5. The number of thiazole rings is 1. The molecule has 0 aliphatic carbocycles. The molecule has 0 bridgehead atoms. The Labute approximate surface area is 202 Å². The zero-order valence-corrected chi connectivity index (χ0v) is 20.5. The number of nitrogens with zero attached hydrogens (tertiary/aromatic N) is 3. The largest absolute Gasteiger partial charge is 0.379 e. The highest BCUT2D eigenvalue weighted by molar-refractivity contribution is 7.98. The molecule has 2 heterocycles. The van der Waals surface area contributed by atoms with Gasteiger partial charge in [-0.1, -0.05) is 29.0 Å². The minimum absolute atomic E-state index is 0. The maximum absolute atomic E-state index is 13.4. The number of halogens is 2. The summed E-state index contributed by atoms with van der Waals surface area (Å²) in [7, 11) is 0. The summed E-state index contributed by atoms with van der Waals surface area (Å²) in [6.45, 7) is 4.99. The second kappa shape index (κ2) is 11.5. The molecule has 1 aromatic heterocycles. The Kier molecular flexibility index (Phi) is 9.01. The van der Waals surface area contributed by atoms with Crippen LogP contribution in [0.1, 0.15) is 16.8 Å². The fraction of sp³-hybridized carbons (Fsp3) is 0.364. The van der Waals surface area contributed by atoms with E-state index in [1.165, 1.54) is 11.3 Å². The van der Waals surface area contributed by atoms with Gasteiger partial charge in [0.25, 0.3) is 5.91 Å². The summed E-state index contributed by atoms with van der Waals surface area (Å²) in [5.74, 6) is -0.0280. The molecule has 0 saturated carbocycles. The van der Waals surface area contributed by atoms with E-state index in [2.05, 4.69) is 4.90 Å². The Morgan fingerprint density at radius 2 is 1.97 bits per heavy atom.